The van der Waals surface area contributed by atoms with Crippen LogP contribution in [0.3, 0.4) is 0 Å². The highest BCUT2D eigenvalue weighted by Gasteiger charge is 2.06. The Kier molecular flexibility index (Phi) is 8.70. The molecule has 0 heterocycles. The van der Waals surface area contributed by atoms with Crippen molar-refractivity contribution in [3.8, 4) is 33.8 Å². The van der Waals surface area contributed by atoms with Gasteiger partial charge in [0, 0.05) is 13.1 Å². The number of benzene rings is 4. The van der Waals surface area contributed by atoms with Gasteiger partial charge in [-0.1, -0.05) is 84.9 Å². The van der Waals surface area contributed by atoms with Crippen LogP contribution in [0.15, 0.2) is 109 Å². The zero-order valence-electron chi connectivity index (χ0n) is 19.9. The van der Waals surface area contributed by atoms with Gasteiger partial charge in [-0.05, 0) is 46.5 Å². The molecule has 0 fully saturated rings. The Labute approximate surface area is 210 Å². The van der Waals surface area contributed by atoms with Gasteiger partial charge in [0.2, 0.25) is 0 Å². The van der Waals surface area contributed by atoms with Crippen LogP contribution in [-0.2, 0) is 9.59 Å². The highest BCUT2D eigenvalue weighted by atomic mass is 16.5. The van der Waals surface area contributed by atoms with E-state index >= 15 is 0 Å². The van der Waals surface area contributed by atoms with Crippen molar-refractivity contribution in [3.63, 3.8) is 0 Å². The van der Waals surface area contributed by atoms with E-state index < -0.39 is 0 Å². The number of carbonyl (C=O) groups is 2. The normalized spacial score (nSPS) is 10.3. The average molecular weight is 481 g/mol. The van der Waals surface area contributed by atoms with Crippen LogP contribution >= 0.6 is 0 Å². The lowest BCUT2D eigenvalue weighted by atomic mass is 10.1. The lowest BCUT2D eigenvalue weighted by Gasteiger charge is -2.10. The molecule has 0 bridgehead atoms. The molecule has 0 atom stereocenters. The molecular formula is C30H28N2O4. The average Bonchev–Trinajstić information content (AvgIpc) is 2.94. The standard InChI is InChI=1S/C30H28N2O4/c33-29(21-35-27-15-11-25(12-16-27)23-7-3-1-4-8-23)31-19-20-32-30(34)22-36-28-17-13-26(14-18-28)24-9-5-2-6-10-24/h1-18H,19-22H2,(H,31,33)(H,32,34). The van der Waals surface area contributed by atoms with E-state index in [1.54, 1.807) is 0 Å². The number of rotatable bonds is 11. The molecule has 2 N–H and O–H groups in total. The van der Waals surface area contributed by atoms with E-state index in [4.69, 9.17) is 9.47 Å². The minimum Gasteiger partial charge on any atom is -0.484 e. The lowest BCUT2D eigenvalue weighted by molar-refractivity contribution is -0.124. The van der Waals surface area contributed by atoms with E-state index in [1.807, 2.05) is 109 Å². The Morgan fingerprint density at radius 1 is 0.472 bits per heavy atom. The summed E-state index contributed by atoms with van der Waals surface area (Å²) < 4.78 is 11.1. The summed E-state index contributed by atoms with van der Waals surface area (Å²) in [6.45, 7) is 0.404. The minimum absolute atomic E-state index is 0.0965. The van der Waals surface area contributed by atoms with Crippen molar-refractivity contribution in [1.82, 2.24) is 10.6 Å². The zero-order valence-corrected chi connectivity index (χ0v) is 19.9. The molecule has 6 nitrogen and oxygen atoms in total. The van der Waals surface area contributed by atoms with E-state index in [2.05, 4.69) is 10.6 Å². The Hall–Kier alpha value is -4.58. The molecule has 4 aromatic rings. The van der Waals surface area contributed by atoms with Crippen LogP contribution < -0.4 is 20.1 Å². The van der Waals surface area contributed by atoms with Gasteiger partial charge in [0.1, 0.15) is 11.5 Å². The number of hydrogen-bond donors (Lipinski definition) is 2. The number of ether oxygens (including phenoxy) is 2. The van der Waals surface area contributed by atoms with Gasteiger partial charge in [-0.25, -0.2) is 0 Å². The molecule has 0 saturated heterocycles. The first-order chi connectivity index (χ1) is 17.7. The summed E-state index contributed by atoms with van der Waals surface area (Å²) in [6.07, 6.45) is 0. The first kappa shape index (κ1) is 24.5. The summed E-state index contributed by atoms with van der Waals surface area (Å²) in [7, 11) is 0. The third-order valence-electron chi connectivity index (χ3n) is 5.43. The maximum absolute atomic E-state index is 12.0. The molecule has 0 aliphatic heterocycles. The van der Waals surface area contributed by atoms with E-state index in [1.165, 1.54) is 0 Å². The minimum atomic E-state index is -0.258. The van der Waals surface area contributed by atoms with Crippen molar-refractivity contribution < 1.29 is 19.1 Å². The van der Waals surface area contributed by atoms with Gasteiger partial charge in [0.25, 0.3) is 11.8 Å². The van der Waals surface area contributed by atoms with Crippen LogP contribution in [0.5, 0.6) is 11.5 Å². The van der Waals surface area contributed by atoms with E-state index in [0.29, 0.717) is 24.6 Å². The first-order valence-corrected chi connectivity index (χ1v) is 11.8. The fourth-order valence-electron chi connectivity index (χ4n) is 3.55. The van der Waals surface area contributed by atoms with Crippen LogP contribution in [-0.4, -0.2) is 38.1 Å². The molecule has 2 amide bonds. The SMILES string of the molecule is O=C(COc1ccc(-c2ccccc2)cc1)NCCNC(=O)COc1ccc(-c2ccccc2)cc1. The quantitative estimate of drug-likeness (QED) is 0.305. The first-order valence-electron chi connectivity index (χ1n) is 11.8. The highest BCUT2D eigenvalue weighted by Crippen LogP contribution is 2.23. The second-order valence-electron chi connectivity index (χ2n) is 8.06. The smallest absolute Gasteiger partial charge is 0.258 e. The summed E-state index contributed by atoms with van der Waals surface area (Å²) in [5, 5.41) is 5.44. The van der Waals surface area contributed by atoms with Gasteiger partial charge < -0.3 is 20.1 Å². The van der Waals surface area contributed by atoms with Crippen molar-refractivity contribution in [2.45, 2.75) is 0 Å². The molecule has 0 unspecified atom stereocenters. The number of carbonyl (C=O) groups excluding carboxylic acids is 2. The molecule has 0 aromatic heterocycles. The molecule has 0 radical (unpaired) electrons. The van der Waals surface area contributed by atoms with E-state index in [0.717, 1.165) is 22.3 Å². The predicted octanol–water partition coefficient (Wildman–Crippen LogP) is 4.71. The topological polar surface area (TPSA) is 76.7 Å². The van der Waals surface area contributed by atoms with Crippen molar-refractivity contribution in [2.24, 2.45) is 0 Å². The molecular weight excluding hydrogens is 452 g/mol. The molecule has 4 rings (SSSR count). The summed E-state index contributed by atoms with van der Waals surface area (Å²) in [5.41, 5.74) is 4.40. The maximum atomic E-state index is 12.0. The van der Waals surface area contributed by atoms with Crippen LogP contribution in [0.4, 0.5) is 0 Å². The summed E-state index contributed by atoms with van der Waals surface area (Å²) in [4.78, 5) is 24.0. The Balaban J connectivity index is 1.09. The zero-order chi connectivity index (χ0) is 25.0. The third-order valence-corrected chi connectivity index (χ3v) is 5.43. The Morgan fingerprint density at radius 3 is 1.17 bits per heavy atom. The fourth-order valence-corrected chi connectivity index (χ4v) is 3.55. The largest absolute Gasteiger partial charge is 0.484 e. The molecule has 182 valence electrons. The van der Waals surface area contributed by atoms with Crippen LogP contribution in [0.2, 0.25) is 0 Å². The van der Waals surface area contributed by atoms with Gasteiger partial charge in [0.15, 0.2) is 13.2 Å². The monoisotopic (exact) mass is 480 g/mol. The molecule has 0 aliphatic carbocycles. The molecule has 6 heteroatoms. The molecule has 0 aliphatic rings. The second-order valence-corrected chi connectivity index (χ2v) is 8.06. The number of nitrogens with one attached hydrogen (secondary N) is 2. The van der Waals surface area contributed by atoms with Gasteiger partial charge >= 0.3 is 0 Å². The van der Waals surface area contributed by atoms with Crippen molar-refractivity contribution in [3.05, 3.63) is 109 Å². The lowest BCUT2D eigenvalue weighted by Crippen LogP contribution is -2.38. The van der Waals surface area contributed by atoms with Crippen molar-refractivity contribution in [2.75, 3.05) is 26.3 Å². The summed E-state index contributed by atoms with van der Waals surface area (Å²) >= 11 is 0. The van der Waals surface area contributed by atoms with Gasteiger partial charge in [0.05, 0.1) is 0 Å². The number of hydrogen-bond acceptors (Lipinski definition) is 4. The molecule has 4 aromatic carbocycles. The fraction of sp³-hybridized carbons (Fsp3) is 0.133. The van der Waals surface area contributed by atoms with E-state index in [9.17, 15) is 9.59 Å². The third kappa shape index (κ3) is 7.46. The molecule has 36 heavy (non-hydrogen) atoms. The van der Waals surface area contributed by atoms with Crippen molar-refractivity contribution in [1.29, 1.82) is 0 Å². The van der Waals surface area contributed by atoms with Crippen LogP contribution in [0.1, 0.15) is 0 Å². The number of amides is 2. The van der Waals surface area contributed by atoms with Gasteiger partial charge in [-0.2, -0.15) is 0 Å². The van der Waals surface area contributed by atoms with Crippen molar-refractivity contribution >= 4 is 11.8 Å². The summed E-state index contributed by atoms with van der Waals surface area (Å²) in [5.74, 6) is 0.719. The van der Waals surface area contributed by atoms with E-state index in [-0.39, 0.29) is 25.0 Å². The Morgan fingerprint density at radius 2 is 0.806 bits per heavy atom. The summed E-state index contributed by atoms with van der Waals surface area (Å²) in [6, 6.07) is 35.3. The predicted molar refractivity (Wildman–Crippen MR) is 141 cm³/mol. The molecule has 0 saturated carbocycles. The highest BCUT2D eigenvalue weighted by molar-refractivity contribution is 5.78. The van der Waals surface area contributed by atoms with Gasteiger partial charge in [-0.3, -0.25) is 9.59 Å². The van der Waals surface area contributed by atoms with Crippen LogP contribution in [0, 0.1) is 0 Å². The van der Waals surface area contributed by atoms with Gasteiger partial charge in [-0.15, -0.1) is 0 Å². The molecule has 0 spiro atoms. The second kappa shape index (κ2) is 12.8. The van der Waals surface area contributed by atoms with Crippen LogP contribution in [0.25, 0.3) is 22.3 Å². The Bertz CT molecular complexity index is 1140. The maximum Gasteiger partial charge on any atom is 0.258 e.